The molecule has 1 rings (SSSR count). The maximum absolute atomic E-state index is 13.4. The minimum atomic E-state index is -1.18. The summed E-state index contributed by atoms with van der Waals surface area (Å²) in [6, 6.07) is 3.24. The number of rotatable bonds is 6. The highest BCUT2D eigenvalue weighted by Crippen LogP contribution is 2.17. The summed E-state index contributed by atoms with van der Waals surface area (Å²) in [5.41, 5.74) is -0.203. The zero-order valence-electron chi connectivity index (χ0n) is 10.3. The van der Waals surface area contributed by atoms with Gasteiger partial charge in [0.15, 0.2) is 0 Å². The number of carboxylic acid groups (broad SMARTS) is 1. The molecule has 0 bridgehead atoms. The first-order valence-corrected chi connectivity index (χ1v) is 5.80. The summed E-state index contributed by atoms with van der Waals surface area (Å²) < 4.78 is 13.4. The Bertz CT molecular complexity index is 520. The van der Waals surface area contributed by atoms with Gasteiger partial charge in [-0.25, -0.2) is 9.18 Å². The van der Waals surface area contributed by atoms with E-state index in [9.17, 15) is 14.0 Å². The molecule has 4 nitrogen and oxygen atoms in total. The van der Waals surface area contributed by atoms with Crippen LogP contribution >= 0.6 is 0 Å². The van der Waals surface area contributed by atoms with Crippen LogP contribution < -0.4 is 5.32 Å². The Hall–Kier alpha value is -2.35. The maximum Gasteiger partial charge on any atom is 0.335 e. The molecule has 0 fully saturated rings. The van der Waals surface area contributed by atoms with Gasteiger partial charge >= 0.3 is 5.97 Å². The fourth-order valence-electron chi connectivity index (χ4n) is 1.48. The van der Waals surface area contributed by atoms with Crippen LogP contribution in [0.2, 0.25) is 0 Å². The molecule has 0 aliphatic heterocycles. The third kappa shape index (κ3) is 4.80. The summed E-state index contributed by atoms with van der Waals surface area (Å²) in [7, 11) is 0. The average Bonchev–Trinajstić information content (AvgIpc) is 2.37. The lowest BCUT2D eigenvalue weighted by Gasteiger charge is -2.07. The number of hydrogen-bond donors (Lipinski definition) is 2. The fraction of sp³-hybridized carbons (Fsp3) is 0.286. The number of carbonyl (C=O) groups is 2. The normalized spacial score (nSPS) is 9.68. The Morgan fingerprint density at radius 1 is 1.37 bits per heavy atom. The van der Waals surface area contributed by atoms with Crippen molar-refractivity contribution in [2.75, 3.05) is 5.32 Å². The molecule has 0 heterocycles. The standard InChI is InChI=1S/C14H14FNO3/c1-2-3-4-5-6-13(17)16-12-9-10(14(18)19)7-8-11(12)15/h1,7-9H,3-6H2,(H,16,17)(H,18,19). The van der Waals surface area contributed by atoms with Crippen LogP contribution in [0.25, 0.3) is 0 Å². The van der Waals surface area contributed by atoms with Crippen molar-refractivity contribution in [2.45, 2.75) is 25.7 Å². The van der Waals surface area contributed by atoms with Crippen molar-refractivity contribution in [2.24, 2.45) is 0 Å². The molecule has 1 aromatic rings. The second-order valence-electron chi connectivity index (χ2n) is 3.96. The van der Waals surface area contributed by atoms with Gasteiger partial charge < -0.3 is 10.4 Å². The summed E-state index contributed by atoms with van der Waals surface area (Å²) in [6.07, 6.45) is 7.22. The number of hydrogen-bond acceptors (Lipinski definition) is 2. The van der Waals surface area contributed by atoms with Gasteiger partial charge in [-0.2, -0.15) is 0 Å². The highest BCUT2D eigenvalue weighted by Gasteiger charge is 2.10. The van der Waals surface area contributed by atoms with E-state index in [1.54, 1.807) is 0 Å². The van der Waals surface area contributed by atoms with Crippen molar-refractivity contribution in [3.63, 3.8) is 0 Å². The van der Waals surface area contributed by atoms with Crippen molar-refractivity contribution in [1.82, 2.24) is 0 Å². The number of terminal acetylenes is 1. The Kier molecular flexibility index (Phi) is 5.55. The van der Waals surface area contributed by atoms with E-state index in [4.69, 9.17) is 11.5 Å². The summed E-state index contributed by atoms with van der Waals surface area (Å²) >= 11 is 0. The Labute approximate surface area is 110 Å². The van der Waals surface area contributed by atoms with Crippen molar-refractivity contribution in [1.29, 1.82) is 0 Å². The molecule has 0 saturated carbocycles. The summed E-state index contributed by atoms with van der Waals surface area (Å²) in [6.45, 7) is 0. The highest BCUT2D eigenvalue weighted by molar-refractivity contribution is 5.94. The van der Waals surface area contributed by atoms with Gasteiger partial charge in [0, 0.05) is 12.8 Å². The van der Waals surface area contributed by atoms with Crippen LogP contribution in [-0.4, -0.2) is 17.0 Å². The van der Waals surface area contributed by atoms with E-state index in [1.807, 2.05) is 0 Å². The minimum Gasteiger partial charge on any atom is -0.478 e. The molecule has 0 aliphatic rings. The lowest BCUT2D eigenvalue weighted by atomic mass is 10.1. The average molecular weight is 263 g/mol. The predicted octanol–water partition coefficient (Wildman–Crippen LogP) is 2.66. The number of aromatic carboxylic acids is 1. The lowest BCUT2D eigenvalue weighted by molar-refractivity contribution is -0.116. The van der Waals surface area contributed by atoms with E-state index in [2.05, 4.69) is 11.2 Å². The molecule has 1 aromatic carbocycles. The van der Waals surface area contributed by atoms with E-state index < -0.39 is 11.8 Å². The number of nitrogens with one attached hydrogen (secondary N) is 1. The Morgan fingerprint density at radius 2 is 2.11 bits per heavy atom. The molecule has 2 N–H and O–H groups in total. The number of halogens is 1. The fourth-order valence-corrected chi connectivity index (χ4v) is 1.48. The van der Waals surface area contributed by atoms with E-state index in [0.29, 0.717) is 12.8 Å². The van der Waals surface area contributed by atoms with Crippen LogP contribution in [0.5, 0.6) is 0 Å². The van der Waals surface area contributed by atoms with Gasteiger partial charge in [0.2, 0.25) is 5.91 Å². The molecule has 1 amide bonds. The molecule has 0 saturated heterocycles. The molecular formula is C14H14FNO3. The van der Waals surface area contributed by atoms with Gasteiger partial charge in [-0.3, -0.25) is 4.79 Å². The summed E-state index contributed by atoms with van der Waals surface area (Å²) in [5.74, 6) is 0.259. The van der Waals surface area contributed by atoms with Crippen LogP contribution in [0, 0.1) is 18.2 Å². The monoisotopic (exact) mass is 263 g/mol. The number of carbonyl (C=O) groups excluding carboxylic acids is 1. The van der Waals surface area contributed by atoms with Crippen LogP contribution in [-0.2, 0) is 4.79 Å². The van der Waals surface area contributed by atoms with Gasteiger partial charge in [-0.1, -0.05) is 0 Å². The molecule has 0 aliphatic carbocycles. The molecule has 0 atom stereocenters. The van der Waals surface area contributed by atoms with Gasteiger partial charge in [0.05, 0.1) is 11.3 Å². The molecule has 0 aromatic heterocycles. The predicted molar refractivity (Wildman–Crippen MR) is 69.3 cm³/mol. The number of amides is 1. The van der Waals surface area contributed by atoms with E-state index in [0.717, 1.165) is 24.6 Å². The van der Waals surface area contributed by atoms with Crippen molar-refractivity contribution < 1.29 is 19.1 Å². The van der Waals surface area contributed by atoms with Gasteiger partial charge in [-0.15, -0.1) is 12.3 Å². The Balaban J connectivity index is 2.61. The molecule has 0 spiro atoms. The molecule has 100 valence electrons. The van der Waals surface area contributed by atoms with Gasteiger partial charge in [0.1, 0.15) is 5.82 Å². The number of unbranched alkanes of at least 4 members (excludes halogenated alkanes) is 2. The second kappa shape index (κ2) is 7.17. The minimum absolute atomic E-state index is 0.0796. The smallest absolute Gasteiger partial charge is 0.335 e. The van der Waals surface area contributed by atoms with Crippen LogP contribution in [0.4, 0.5) is 10.1 Å². The molecular weight excluding hydrogens is 249 g/mol. The topological polar surface area (TPSA) is 66.4 Å². The number of carboxylic acids is 1. The zero-order valence-corrected chi connectivity index (χ0v) is 10.3. The first-order valence-electron chi connectivity index (χ1n) is 5.80. The van der Waals surface area contributed by atoms with Gasteiger partial charge in [-0.05, 0) is 31.0 Å². The Morgan fingerprint density at radius 3 is 2.74 bits per heavy atom. The van der Waals surface area contributed by atoms with Crippen molar-refractivity contribution in [3.05, 3.63) is 29.6 Å². The second-order valence-corrected chi connectivity index (χ2v) is 3.96. The molecule has 0 radical (unpaired) electrons. The number of benzene rings is 1. The van der Waals surface area contributed by atoms with Crippen LogP contribution in [0.1, 0.15) is 36.0 Å². The van der Waals surface area contributed by atoms with E-state index in [1.165, 1.54) is 0 Å². The quantitative estimate of drug-likeness (QED) is 0.612. The maximum atomic E-state index is 13.4. The van der Waals surface area contributed by atoms with E-state index in [-0.39, 0.29) is 23.6 Å². The van der Waals surface area contributed by atoms with E-state index >= 15 is 0 Å². The van der Waals surface area contributed by atoms with Gasteiger partial charge in [0.25, 0.3) is 0 Å². The third-order valence-corrected chi connectivity index (χ3v) is 2.46. The lowest BCUT2D eigenvalue weighted by Crippen LogP contribution is -2.13. The summed E-state index contributed by atoms with van der Waals surface area (Å²) in [5, 5.41) is 11.1. The largest absolute Gasteiger partial charge is 0.478 e. The highest BCUT2D eigenvalue weighted by atomic mass is 19.1. The number of anilines is 1. The van der Waals surface area contributed by atoms with Crippen LogP contribution in [0.3, 0.4) is 0 Å². The van der Waals surface area contributed by atoms with Crippen LogP contribution in [0.15, 0.2) is 18.2 Å². The summed E-state index contributed by atoms with van der Waals surface area (Å²) in [4.78, 5) is 22.3. The molecule has 19 heavy (non-hydrogen) atoms. The molecule has 0 unspecified atom stereocenters. The van der Waals surface area contributed by atoms with Crippen molar-refractivity contribution >= 4 is 17.6 Å². The first-order chi connectivity index (χ1) is 9.04. The SMILES string of the molecule is C#CCCCCC(=O)Nc1cc(C(=O)O)ccc1F. The van der Waals surface area contributed by atoms with Crippen molar-refractivity contribution in [3.8, 4) is 12.3 Å². The zero-order chi connectivity index (χ0) is 14.3. The third-order valence-electron chi connectivity index (χ3n) is 2.46. The molecule has 5 heteroatoms. The first kappa shape index (κ1) is 14.7.